The summed E-state index contributed by atoms with van der Waals surface area (Å²) in [6.07, 6.45) is 3.03. The molecule has 0 spiro atoms. The average Bonchev–Trinajstić information content (AvgIpc) is 3.07. The fourth-order valence-electron chi connectivity index (χ4n) is 3.22. The quantitative estimate of drug-likeness (QED) is 0.525. The maximum Gasteiger partial charge on any atom is 0.138 e. The summed E-state index contributed by atoms with van der Waals surface area (Å²) in [6.45, 7) is 3.56. The van der Waals surface area contributed by atoms with Crippen molar-refractivity contribution >= 4 is 11.0 Å². The van der Waals surface area contributed by atoms with E-state index in [1.165, 1.54) is 0 Å². The number of benzene rings is 2. The van der Waals surface area contributed by atoms with Crippen LogP contribution in [-0.4, -0.2) is 28.4 Å². The fraction of sp³-hybridized carbons (Fsp3) is 0.409. The van der Waals surface area contributed by atoms with Crippen LogP contribution in [-0.2, 0) is 6.54 Å². The molecule has 0 aliphatic carbocycles. The van der Waals surface area contributed by atoms with Crippen LogP contribution in [0, 0.1) is 0 Å². The van der Waals surface area contributed by atoms with E-state index in [1.807, 2.05) is 42.5 Å². The number of aryl methyl sites for hydroxylation is 1. The minimum absolute atomic E-state index is 0.516. The van der Waals surface area contributed by atoms with Crippen LogP contribution in [0.25, 0.3) is 11.0 Å². The molecule has 2 aromatic carbocycles. The lowest BCUT2D eigenvalue weighted by Gasteiger charge is -2.13. The molecule has 0 unspecified atom stereocenters. The molecule has 0 aliphatic heterocycles. The normalized spacial score (nSPS) is 12.3. The van der Waals surface area contributed by atoms with Gasteiger partial charge in [-0.05, 0) is 55.7 Å². The van der Waals surface area contributed by atoms with E-state index in [-0.39, 0.29) is 0 Å². The Morgan fingerprint density at radius 3 is 2.52 bits per heavy atom. The number of hydrogen-bond acceptors (Lipinski definition) is 4. The smallest absolute Gasteiger partial charge is 0.138 e. The first-order valence-corrected chi connectivity index (χ1v) is 9.63. The van der Waals surface area contributed by atoms with Crippen LogP contribution in [0.3, 0.4) is 0 Å². The number of aromatic nitrogens is 2. The number of unbranched alkanes of at least 4 members (excludes halogenated alkanes) is 1. The van der Waals surface area contributed by atoms with Gasteiger partial charge in [-0.2, -0.15) is 0 Å². The summed E-state index contributed by atoms with van der Waals surface area (Å²) in [7, 11) is 1.65. The second-order valence-electron chi connectivity index (χ2n) is 6.65. The molecule has 1 aromatic heterocycles. The van der Waals surface area contributed by atoms with Crippen molar-refractivity contribution in [2.75, 3.05) is 13.7 Å². The first-order chi connectivity index (χ1) is 13.2. The molecule has 3 aromatic rings. The summed E-state index contributed by atoms with van der Waals surface area (Å²) >= 11 is 0. The van der Waals surface area contributed by atoms with Crippen LogP contribution in [0.5, 0.6) is 11.5 Å². The second-order valence-corrected chi connectivity index (χ2v) is 6.65. The van der Waals surface area contributed by atoms with Gasteiger partial charge in [0.1, 0.15) is 23.4 Å². The van der Waals surface area contributed by atoms with Crippen molar-refractivity contribution in [3.63, 3.8) is 0 Å². The Bertz CT molecular complexity index is 842. The lowest BCUT2D eigenvalue weighted by atomic mass is 10.2. The van der Waals surface area contributed by atoms with Crippen LogP contribution in [0.2, 0.25) is 0 Å². The number of aliphatic hydroxyl groups is 1. The zero-order valence-corrected chi connectivity index (χ0v) is 16.1. The highest BCUT2D eigenvalue weighted by molar-refractivity contribution is 5.76. The van der Waals surface area contributed by atoms with Gasteiger partial charge in [-0.25, -0.2) is 4.98 Å². The van der Waals surface area contributed by atoms with Crippen molar-refractivity contribution in [3.8, 4) is 11.5 Å². The van der Waals surface area contributed by atoms with E-state index < -0.39 is 6.10 Å². The van der Waals surface area contributed by atoms with Gasteiger partial charge in [0.25, 0.3) is 0 Å². The molecule has 144 valence electrons. The van der Waals surface area contributed by atoms with Crippen LogP contribution in [0.4, 0.5) is 0 Å². The number of rotatable bonds is 10. The van der Waals surface area contributed by atoms with Gasteiger partial charge in [0, 0.05) is 6.54 Å². The predicted molar refractivity (Wildman–Crippen MR) is 107 cm³/mol. The van der Waals surface area contributed by atoms with Crippen molar-refractivity contribution < 1.29 is 14.6 Å². The fourth-order valence-corrected chi connectivity index (χ4v) is 3.22. The molecule has 0 fully saturated rings. The van der Waals surface area contributed by atoms with E-state index >= 15 is 0 Å². The van der Waals surface area contributed by atoms with Crippen molar-refractivity contribution in [1.29, 1.82) is 0 Å². The molecule has 1 atom stereocenters. The number of nitrogens with zero attached hydrogens (tertiary/aromatic N) is 2. The Morgan fingerprint density at radius 1 is 1.04 bits per heavy atom. The molecule has 3 rings (SSSR count). The van der Waals surface area contributed by atoms with Crippen LogP contribution in [0.15, 0.2) is 48.5 Å². The average molecular weight is 368 g/mol. The summed E-state index contributed by atoms with van der Waals surface area (Å²) in [5, 5.41) is 10.5. The first-order valence-electron chi connectivity index (χ1n) is 9.63. The third-order valence-electron chi connectivity index (χ3n) is 4.65. The minimum Gasteiger partial charge on any atom is -0.497 e. The lowest BCUT2D eigenvalue weighted by Crippen LogP contribution is -2.10. The largest absolute Gasteiger partial charge is 0.497 e. The Balaban J connectivity index is 1.58. The number of imidazole rings is 1. The van der Waals surface area contributed by atoms with E-state index in [0.29, 0.717) is 6.61 Å². The number of ether oxygens (including phenoxy) is 2. The van der Waals surface area contributed by atoms with Gasteiger partial charge < -0.3 is 19.1 Å². The van der Waals surface area contributed by atoms with Gasteiger partial charge in [-0.3, -0.25) is 0 Å². The summed E-state index contributed by atoms with van der Waals surface area (Å²) in [5.74, 6) is 2.45. The molecule has 0 amide bonds. The summed E-state index contributed by atoms with van der Waals surface area (Å²) in [6, 6.07) is 15.7. The summed E-state index contributed by atoms with van der Waals surface area (Å²) in [4.78, 5) is 4.66. The van der Waals surface area contributed by atoms with Gasteiger partial charge in [0.2, 0.25) is 0 Å². The SMILES string of the molecule is CCC[C@H](O)c1nc2ccccc2n1CCCCOc1ccc(OC)cc1. The Morgan fingerprint density at radius 2 is 1.78 bits per heavy atom. The van der Waals surface area contributed by atoms with E-state index in [9.17, 15) is 5.11 Å². The topological polar surface area (TPSA) is 56.5 Å². The zero-order valence-electron chi connectivity index (χ0n) is 16.1. The van der Waals surface area contributed by atoms with Crippen molar-refractivity contribution in [3.05, 3.63) is 54.4 Å². The number of aliphatic hydroxyl groups excluding tert-OH is 1. The maximum atomic E-state index is 10.5. The van der Waals surface area contributed by atoms with Gasteiger partial charge >= 0.3 is 0 Å². The molecule has 5 nitrogen and oxygen atoms in total. The zero-order chi connectivity index (χ0) is 19.1. The van der Waals surface area contributed by atoms with Crippen LogP contribution < -0.4 is 9.47 Å². The van der Waals surface area contributed by atoms with E-state index in [0.717, 1.165) is 60.6 Å². The molecule has 0 bridgehead atoms. The van der Waals surface area contributed by atoms with Crippen molar-refractivity contribution in [1.82, 2.24) is 9.55 Å². The molecule has 1 N–H and O–H groups in total. The van der Waals surface area contributed by atoms with Crippen LogP contribution >= 0.6 is 0 Å². The molecule has 27 heavy (non-hydrogen) atoms. The first kappa shape index (κ1) is 19.2. The Hall–Kier alpha value is -2.53. The third-order valence-corrected chi connectivity index (χ3v) is 4.65. The Kier molecular flexibility index (Phi) is 6.71. The number of fused-ring (bicyclic) bond motifs is 1. The van der Waals surface area contributed by atoms with Crippen molar-refractivity contribution in [2.45, 2.75) is 45.3 Å². The van der Waals surface area contributed by atoms with Crippen LogP contribution in [0.1, 0.15) is 44.5 Å². The van der Waals surface area contributed by atoms with Gasteiger partial charge in [0.05, 0.1) is 24.8 Å². The molecular formula is C22H28N2O3. The van der Waals surface area contributed by atoms with Gasteiger partial charge in [-0.15, -0.1) is 0 Å². The van der Waals surface area contributed by atoms with Gasteiger partial charge in [-0.1, -0.05) is 25.5 Å². The monoisotopic (exact) mass is 368 g/mol. The highest BCUT2D eigenvalue weighted by Gasteiger charge is 2.17. The van der Waals surface area contributed by atoms with E-state index in [4.69, 9.17) is 9.47 Å². The van der Waals surface area contributed by atoms with Gasteiger partial charge in [0.15, 0.2) is 0 Å². The molecule has 0 saturated heterocycles. The van der Waals surface area contributed by atoms with Crippen molar-refractivity contribution in [2.24, 2.45) is 0 Å². The number of para-hydroxylation sites is 2. The maximum absolute atomic E-state index is 10.5. The predicted octanol–water partition coefficient (Wildman–Crippen LogP) is 4.74. The molecule has 1 heterocycles. The molecule has 0 radical (unpaired) electrons. The molecular weight excluding hydrogens is 340 g/mol. The highest BCUT2D eigenvalue weighted by atomic mass is 16.5. The molecule has 5 heteroatoms. The Labute approximate surface area is 160 Å². The standard InChI is InChI=1S/C22H28N2O3/c1-3-8-21(25)22-23-19-9-4-5-10-20(19)24(22)15-6-7-16-27-18-13-11-17(26-2)12-14-18/h4-5,9-14,21,25H,3,6-8,15-16H2,1-2H3/t21-/m0/s1. The summed E-state index contributed by atoms with van der Waals surface area (Å²) < 4.78 is 13.1. The van der Waals surface area contributed by atoms with E-state index in [2.05, 4.69) is 22.5 Å². The summed E-state index contributed by atoms with van der Waals surface area (Å²) in [5.41, 5.74) is 2.02. The molecule has 0 saturated carbocycles. The highest BCUT2D eigenvalue weighted by Crippen LogP contribution is 2.24. The minimum atomic E-state index is -0.516. The lowest BCUT2D eigenvalue weighted by molar-refractivity contribution is 0.152. The molecule has 0 aliphatic rings. The third kappa shape index (κ3) is 4.80. The second kappa shape index (κ2) is 9.42. The number of methoxy groups -OCH3 is 1. The van der Waals surface area contributed by atoms with E-state index in [1.54, 1.807) is 7.11 Å². The number of hydrogen-bond donors (Lipinski definition) is 1.